The topological polar surface area (TPSA) is 62.3 Å². The van der Waals surface area contributed by atoms with Crippen molar-refractivity contribution in [3.8, 4) is 0 Å². The predicted octanol–water partition coefficient (Wildman–Crippen LogP) is 5.80. The van der Waals surface area contributed by atoms with Crippen LogP contribution in [0.5, 0.6) is 0 Å². The van der Waals surface area contributed by atoms with E-state index >= 15 is 0 Å². The molecule has 4 aromatic rings. The lowest BCUT2D eigenvalue weighted by Gasteiger charge is -2.25. The van der Waals surface area contributed by atoms with Crippen molar-refractivity contribution in [3.63, 3.8) is 0 Å². The first-order valence-electron chi connectivity index (χ1n) is 10.5. The largest absolute Gasteiger partial charge is 0.304 e. The van der Waals surface area contributed by atoms with Crippen LogP contribution in [0.2, 0.25) is 5.15 Å². The van der Waals surface area contributed by atoms with Gasteiger partial charge >= 0.3 is 0 Å². The van der Waals surface area contributed by atoms with Crippen LogP contribution in [0.15, 0.2) is 89.8 Å². The molecule has 7 heteroatoms. The van der Waals surface area contributed by atoms with Gasteiger partial charge in [0.2, 0.25) is 0 Å². The van der Waals surface area contributed by atoms with Crippen LogP contribution in [-0.4, -0.2) is 17.8 Å². The van der Waals surface area contributed by atoms with Crippen LogP contribution in [0.4, 0.5) is 0 Å². The van der Waals surface area contributed by atoms with Crippen molar-refractivity contribution in [2.75, 3.05) is 0 Å². The number of pyridine rings is 1. The van der Waals surface area contributed by atoms with E-state index in [1.807, 2.05) is 68.5 Å². The molecule has 0 aliphatic carbocycles. The summed E-state index contributed by atoms with van der Waals surface area (Å²) in [6.45, 7) is 4.01. The zero-order chi connectivity index (χ0) is 23.2. The Morgan fingerprint density at radius 1 is 0.909 bits per heavy atom. The van der Waals surface area contributed by atoms with Crippen LogP contribution in [0.3, 0.4) is 0 Å². The third-order valence-electron chi connectivity index (χ3n) is 5.74. The minimum absolute atomic E-state index is 0.196. The number of hydrazine groups is 1. The minimum atomic E-state index is -3.88. The van der Waals surface area contributed by atoms with Gasteiger partial charge in [-0.1, -0.05) is 71.8 Å². The van der Waals surface area contributed by atoms with Crippen LogP contribution >= 0.6 is 11.6 Å². The molecule has 0 bridgehead atoms. The van der Waals surface area contributed by atoms with E-state index < -0.39 is 16.1 Å². The number of fused-ring (bicyclic) bond motifs is 1. The fourth-order valence-corrected chi connectivity index (χ4v) is 5.63. The summed E-state index contributed by atoms with van der Waals surface area (Å²) in [6, 6.07) is 23.5. The number of benzene rings is 3. The number of aryl methyl sites for hydroxylation is 2. The highest BCUT2D eigenvalue weighted by atomic mass is 35.5. The molecule has 0 saturated carbocycles. The van der Waals surface area contributed by atoms with Gasteiger partial charge in [0.15, 0.2) is 0 Å². The lowest BCUT2D eigenvalue weighted by Crippen LogP contribution is -2.39. The quantitative estimate of drug-likeness (QED) is 0.379. The molecule has 0 radical (unpaired) electrons. The maximum absolute atomic E-state index is 13.6. The molecule has 1 aliphatic heterocycles. The smallest absolute Gasteiger partial charge is 0.260 e. The molecule has 0 unspecified atom stereocenters. The molecule has 1 N–H and O–H groups in total. The van der Waals surface area contributed by atoms with E-state index in [9.17, 15) is 8.42 Å². The third-order valence-corrected chi connectivity index (χ3v) is 7.75. The molecule has 33 heavy (non-hydrogen) atoms. The maximum Gasteiger partial charge on any atom is 0.260 e. The van der Waals surface area contributed by atoms with Crippen molar-refractivity contribution in [1.29, 1.82) is 0 Å². The summed E-state index contributed by atoms with van der Waals surface area (Å²) < 4.78 is 28.5. The zero-order valence-corrected chi connectivity index (χ0v) is 19.7. The summed E-state index contributed by atoms with van der Waals surface area (Å²) in [5, 5.41) is 1.17. The van der Waals surface area contributed by atoms with E-state index in [4.69, 9.17) is 11.6 Å². The van der Waals surface area contributed by atoms with Gasteiger partial charge < -0.3 is 5.43 Å². The van der Waals surface area contributed by atoms with Gasteiger partial charge in [-0.15, -0.1) is 4.41 Å². The Balaban J connectivity index is 1.66. The molecular weight excluding hydrogens is 454 g/mol. The highest BCUT2D eigenvalue weighted by molar-refractivity contribution is 7.89. The Hall–Kier alpha value is -3.19. The van der Waals surface area contributed by atoms with Crippen molar-refractivity contribution in [1.82, 2.24) is 14.8 Å². The molecule has 1 aliphatic rings. The Morgan fingerprint density at radius 3 is 2.33 bits per heavy atom. The second-order valence-electron chi connectivity index (χ2n) is 8.18. The number of hydrogen-bond acceptors (Lipinski definition) is 4. The Bertz CT molecular complexity index is 1480. The molecule has 0 spiro atoms. The van der Waals surface area contributed by atoms with E-state index in [0.717, 1.165) is 27.6 Å². The van der Waals surface area contributed by atoms with Crippen molar-refractivity contribution in [2.45, 2.75) is 24.8 Å². The molecule has 0 amide bonds. The van der Waals surface area contributed by atoms with Gasteiger partial charge in [0.25, 0.3) is 10.0 Å². The van der Waals surface area contributed by atoms with Crippen LogP contribution < -0.4 is 5.43 Å². The Labute approximate surface area is 198 Å². The van der Waals surface area contributed by atoms with E-state index in [-0.39, 0.29) is 10.0 Å². The fourth-order valence-electron chi connectivity index (χ4n) is 3.95. The van der Waals surface area contributed by atoms with Gasteiger partial charge in [-0.3, -0.25) is 0 Å². The number of sulfonamides is 1. The highest BCUT2D eigenvalue weighted by Gasteiger charge is 2.38. The normalized spacial score (nSPS) is 16.6. The van der Waals surface area contributed by atoms with E-state index in [2.05, 4.69) is 10.4 Å². The first-order chi connectivity index (χ1) is 15.8. The van der Waals surface area contributed by atoms with Gasteiger partial charge in [-0.2, -0.15) is 0 Å². The number of aromatic nitrogens is 1. The van der Waals surface area contributed by atoms with E-state index in [0.29, 0.717) is 11.3 Å². The molecule has 3 aromatic carbocycles. The monoisotopic (exact) mass is 475 g/mol. The number of nitrogens with one attached hydrogen (secondary N) is 1. The van der Waals surface area contributed by atoms with E-state index in [1.165, 1.54) is 4.41 Å². The molecular formula is C26H22ClN3O2S. The second kappa shape index (κ2) is 8.30. The van der Waals surface area contributed by atoms with Crippen LogP contribution in [-0.2, 0) is 10.0 Å². The van der Waals surface area contributed by atoms with Crippen LogP contribution in [0, 0.1) is 13.8 Å². The van der Waals surface area contributed by atoms with Crippen molar-refractivity contribution in [2.24, 2.45) is 0 Å². The molecule has 0 fully saturated rings. The Morgan fingerprint density at radius 2 is 1.61 bits per heavy atom. The van der Waals surface area contributed by atoms with Crippen LogP contribution in [0.1, 0.15) is 28.3 Å². The van der Waals surface area contributed by atoms with E-state index in [1.54, 1.807) is 30.3 Å². The minimum Gasteiger partial charge on any atom is -0.304 e. The third kappa shape index (κ3) is 4.02. The van der Waals surface area contributed by atoms with Crippen molar-refractivity contribution >= 4 is 38.2 Å². The van der Waals surface area contributed by atoms with Crippen LogP contribution in [0.25, 0.3) is 16.6 Å². The summed E-state index contributed by atoms with van der Waals surface area (Å²) in [7, 11) is -3.88. The zero-order valence-electron chi connectivity index (χ0n) is 18.2. The number of hydrogen-bond donors (Lipinski definition) is 1. The summed E-state index contributed by atoms with van der Waals surface area (Å²) in [5.41, 5.74) is 8.29. The fraction of sp³-hybridized carbons (Fsp3) is 0.115. The average molecular weight is 476 g/mol. The van der Waals surface area contributed by atoms with Gasteiger partial charge in [0.05, 0.1) is 22.2 Å². The lowest BCUT2D eigenvalue weighted by atomic mass is 10.0. The maximum atomic E-state index is 13.6. The lowest BCUT2D eigenvalue weighted by molar-refractivity contribution is 0.348. The van der Waals surface area contributed by atoms with Gasteiger partial charge in [-0.25, -0.2) is 13.4 Å². The first-order valence-corrected chi connectivity index (χ1v) is 12.4. The number of halogens is 1. The molecule has 166 valence electrons. The molecule has 1 aromatic heterocycles. The molecule has 5 nitrogen and oxygen atoms in total. The standard InChI is InChI=1S/C26H22ClN3O2S/c1-17-8-11-19(12-9-17)24-16-25(30(29-24)33(31,32)21-6-4-3-5-7-21)22-15-20-13-10-18(2)14-23(20)28-26(22)27/h3-16,25,29H,1-2H3/t25-/m1/s1. The van der Waals surface area contributed by atoms with Crippen molar-refractivity contribution in [3.05, 3.63) is 112 Å². The summed E-state index contributed by atoms with van der Waals surface area (Å²) >= 11 is 6.62. The molecule has 1 atom stereocenters. The summed E-state index contributed by atoms with van der Waals surface area (Å²) in [6.07, 6.45) is 1.88. The highest BCUT2D eigenvalue weighted by Crippen LogP contribution is 2.38. The molecule has 2 heterocycles. The average Bonchev–Trinajstić information content (AvgIpc) is 3.26. The van der Waals surface area contributed by atoms with Crippen molar-refractivity contribution < 1.29 is 8.42 Å². The van der Waals surface area contributed by atoms with Gasteiger partial charge in [-0.05, 0) is 55.3 Å². The molecule has 5 rings (SSSR count). The van der Waals surface area contributed by atoms with Gasteiger partial charge in [0.1, 0.15) is 5.15 Å². The predicted molar refractivity (Wildman–Crippen MR) is 132 cm³/mol. The van der Waals surface area contributed by atoms with Gasteiger partial charge in [0, 0.05) is 10.9 Å². The number of nitrogens with zero attached hydrogens (tertiary/aromatic N) is 2. The summed E-state index contributed by atoms with van der Waals surface area (Å²) in [5.74, 6) is 0. The number of rotatable bonds is 4. The summed E-state index contributed by atoms with van der Waals surface area (Å²) in [4.78, 5) is 4.76. The Kier molecular flexibility index (Phi) is 5.44. The SMILES string of the molecule is Cc1ccc(C2=C[C@H](c3cc4ccc(C)cc4nc3Cl)N(S(=O)(=O)c3ccccc3)N2)cc1. The molecule has 0 saturated heterocycles. The first kappa shape index (κ1) is 21.6. The second-order valence-corrected chi connectivity index (χ2v) is 10.4.